The summed E-state index contributed by atoms with van der Waals surface area (Å²) >= 11 is 12.3. The maximum Gasteiger partial charge on any atom is 0.139 e. The first-order chi connectivity index (χ1) is 15.3. The van der Waals surface area contributed by atoms with Crippen molar-refractivity contribution in [1.82, 2.24) is 10.6 Å². The van der Waals surface area contributed by atoms with E-state index in [1.807, 2.05) is 25.3 Å². The number of amidine groups is 1. The first-order valence-corrected chi connectivity index (χ1v) is 11.7. The summed E-state index contributed by atoms with van der Waals surface area (Å²) in [5.74, 6) is 0.770. The standard InChI is InChI=1S/C26H35Cl2N3O/c1-6-26(2,3)21-9-7-8-19(14-21)15-23(29-4)17-25(31-18-32-5)30-13-12-20-10-11-22(27)16-24(20)28/h7-11,14,16-17,29H,6,12-13,15,18H2,1-5H3,(H,30,31)/b23-17-. The summed E-state index contributed by atoms with van der Waals surface area (Å²) in [6.45, 7) is 7.78. The molecule has 0 spiro atoms. The maximum absolute atomic E-state index is 6.30. The Kier molecular flexibility index (Phi) is 10.6. The third-order valence-electron chi connectivity index (χ3n) is 5.70. The molecule has 0 saturated carbocycles. The van der Waals surface area contributed by atoms with E-state index in [1.54, 1.807) is 13.2 Å². The van der Waals surface area contributed by atoms with Crippen molar-refractivity contribution in [3.05, 3.63) is 81.0 Å². The average molecular weight is 476 g/mol. The molecule has 0 heterocycles. The molecular weight excluding hydrogens is 441 g/mol. The van der Waals surface area contributed by atoms with Crippen molar-refractivity contribution in [3.8, 4) is 0 Å². The van der Waals surface area contributed by atoms with E-state index in [0.717, 1.165) is 36.4 Å². The molecule has 32 heavy (non-hydrogen) atoms. The van der Waals surface area contributed by atoms with Crippen LogP contribution in [0.5, 0.6) is 0 Å². The van der Waals surface area contributed by atoms with Gasteiger partial charge in [-0.1, -0.05) is 74.3 Å². The second-order valence-corrected chi connectivity index (χ2v) is 9.25. The van der Waals surface area contributed by atoms with E-state index in [9.17, 15) is 0 Å². The smallest absolute Gasteiger partial charge is 0.139 e. The normalized spacial score (nSPS) is 12.7. The highest BCUT2D eigenvalue weighted by Crippen LogP contribution is 2.27. The summed E-state index contributed by atoms with van der Waals surface area (Å²) in [5.41, 5.74) is 4.91. The number of rotatable bonds is 11. The molecule has 0 aliphatic carbocycles. The Hall–Kier alpha value is -2.01. The monoisotopic (exact) mass is 475 g/mol. The Balaban J connectivity index is 2.12. The summed E-state index contributed by atoms with van der Waals surface area (Å²) in [7, 11) is 3.57. The molecule has 2 rings (SSSR count). The van der Waals surface area contributed by atoms with Gasteiger partial charge in [-0.15, -0.1) is 0 Å². The van der Waals surface area contributed by atoms with Gasteiger partial charge in [0.15, 0.2) is 0 Å². The molecule has 0 radical (unpaired) electrons. The largest absolute Gasteiger partial charge is 0.391 e. The number of ether oxygens (including phenoxy) is 1. The van der Waals surface area contributed by atoms with Crippen LogP contribution in [0.3, 0.4) is 0 Å². The van der Waals surface area contributed by atoms with Gasteiger partial charge in [-0.05, 0) is 53.2 Å². The Morgan fingerprint density at radius 3 is 2.59 bits per heavy atom. The summed E-state index contributed by atoms with van der Waals surface area (Å²) in [6.07, 6.45) is 4.69. The lowest BCUT2D eigenvalue weighted by molar-refractivity contribution is 0.209. The number of hydrogen-bond acceptors (Lipinski definition) is 3. The zero-order chi connectivity index (χ0) is 23.6. The predicted molar refractivity (Wildman–Crippen MR) is 138 cm³/mol. The zero-order valence-corrected chi connectivity index (χ0v) is 21.3. The van der Waals surface area contributed by atoms with E-state index in [1.165, 1.54) is 11.1 Å². The fourth-order valence-electron chi connectivity index (χ4n) is 3.24. The molecule has 0 aromatic heterocycles. The molecule has 174 valence electrons. The van der Waals surface area contributed by atoms with Crippen molar-refractivity contribution in [2.24, 2.45) is 4.99 Å². The van der Waals surface area contributed by atoms with Gasteiger partial charge in [0.2, 0.25) is 0 Å². The number of methoxy groups -OCH3 is 1. The molecule has 0 saturated heterocycles. The van der Waals surface area contributed by atoms with Crippen LogP contribution in [0.15, 0.2) is 59.2 Å². The molecule has 0 bridgehead atoms. The predicted octanol–water partition coefficient (Wildman–Crippen LogP) is 6.16. The van der Waals surface area contributed by atoms with Gasteiger partial charge in [0.1, 0.15) is 12.6 Å². The second-order valence-electron chi connectivity index (χ2n) is 8.41. The van der Waals surface area contributed by atoms with E-state index >= 15 is 0 Å². The highest BCUT2D eigenvalue weighted by Gasteiger charge is 2.18. The van der Waals surface area contributed by atoms with Crippen LogP contribution in [-0.2, 0) is 23.0 Å². The van der Waals surface area contributed by atoms with Gasteiger partial charge in [0.25, 0.3) is 0 Å². The number of halogens is 2. The minimum Gasteiger partial charge on any atom is -0.391 e. The highest BCUT2D eigenvalue weighted by atomic mass is 35.5. The van der Waals surface area contributed by atoms with Crippen LogP contribution >= 0.6 is 23.2 Å². The van der Waals surface area contributed by atoms with Crippen LogP contribution in [0.25, 0.3) is 0 Å². The van der Waals surface area contributed by atoms with Crippen molar-refractivity contribution in [2.45, 2.75) is 45.4 Å². The molecule has 0 aliphatic heterocycles. The van der Waals surface area contributed by atoms with Crippen molar-refractivity contribution in [2.75, 3.05) is 27.4 Å². The van der Waals surface area contributed by atoms with Gasteiger partial charge >= 0.3 is 0 Å². The van der Waals surface area contributed by atoms with Gasteiger partial charge in [-0.25, -0.2) is 4.99 Å². The van der Waals surface area contributed by atoms with E-state index in [4.69, 9.17) is 27.9 Å². The third-order valence-corrected chi connectivity index (χ3v) is 6.29. The molecule has 2 aromatic carbocycles. The molecule has 2 aromatic rings. The molecule has 2 N–H and O–H groups in total. The number of likely N-dealkylation sites (N-methyl/N-ethyl adjacent to an activating group) is 1. The molecule has 0 fully saturated rings. The molecule has 0 atom stereocenters. The van der Waals surface area contributed by atoms with Gasteiger partial charge < -0.3 is 15.4 Å². The number of benzene rings is 2. The Labute approximate surface area is 203 Å². The lowest BCUT2D eigenvalue weighted by atomic mass is 9.81. The fourth-order valence-corrected chi connectivity index (χ4v) is 3.74. The molecule has 6 heteroatoms. The lowest BCUT2D eigenvalue weighted by Gasteiger charge is -2.24. The van der Waals surface area contributed by atoms with Crippen molar-refractivity contribution in [3.63, 3.8) is 0 Å². The average Bonchev–Trinajstić information content (AvgIpc) is 2.78. The van der Waals surface area contributed by atoms with Crippen LogP contribution in [0.2, 0.25) is 10.0 Å². The van der Waals surface area contributed by atoms with Gasteiger partial charge in [0.05, 0.1) is 0 Å². The molecule has 0 unspecified atom stereocenters. The molecule has 0 aliphatic rings. The summed E-state index contributed by atoms with van der Waals surface area (Å²) in [4.78, 5) is 4.52. The number of nitrogens with one attached hydrogen (secondary N) is 2. The molecule has 0 amide bonds. The van der Waals surface area contributed by atoms with E-state index in [-0.39, 0.29) is 12.1 Å². The van der Waals surface area contributed by atoms with Crippen LogP contribution in [0.4, 0.5) is 0 Å². The van der Waals surface area contributed by atoms with E-state index in [2.05, 4.69) is 60.7 Å². The van der Waals surface area contributed by atoms with Crippen molar-refractivity contribution >= 4 is 29.0 Å². The quantitative estimate of drug-likeness (QED) is 0.302. The van der Waals surface area contributed by atoms with Crippen molar-refractivity contribution < 1.29 is 4.74 Å². The number of nitrogens with zero attached hydrogens (tertiary/aromatic N) is 1. The Morgan fingerprint density at radius 2 is 1.94 bits per heavy atom. The van der Waals surface area contributed by atoms with E-state index < -0.39 is 0 Å². The maximum atomic E-state index is 6.30. The SMILES string of the molecule is CCC(C)(C)c1cccc(C/C(=C/C(=N\COC)NCCc2ccc(Cl)cc2Cl)NC)c1. The third kappa shape index (κ3) is 8.16. The summed E-state index contributed by atoms with van der Waals surface area (Å²) < 4.78 is 5.16. The second kappa shape index (κ2) is 12.9. The zero-order valence-electron chi connectivity index (χ0n) is 19.8. The molecular formula is C26H35Cl2N3O. The first kappa shape index (κ1) is 26.2. The number of aliphatic imine (C=N–C) groups is 1. The van der Waals surface area contributed by atoms with Crippen LogP contribution in [0, 0.1) is 0 Å². The first-order valence-electron chi connectivity index (χ1n) is 11.0. The van der Waals surface area contributed by atoms with Crippen LogP contribution in [0.1, 0.15) is 43.9 Å². The highest BCUT2D eigenvalue weighted by molar-refractivity contribution is 6.35. The summed E-state index contributed by atoms with van der Waals surface area (Å²) in [6, 6.07) is 14.4. The fraction of sp³-hybridized carbons (Fsp3) is 0.423. The number of allylic oxidation sites excluding steroid dienone is 1. The van der Waals surface area contributed by atoms with Crippen LogP contribution < -0.4 is 10.6 Å². The van der Waals surface area contributed by atoms with Crippen molar-refractivity contribution in [1.29, 1.82) is 0 Å². The molecule has 4 nitrogen and oxygen atoms in total. The minimum atomic E-state index is 0.162. The minimum absolute atomic E-state index is 0.162. The summed E-state index contributed by atoms with van der Waals surface area (Å²) in [5, 5.41) is 8.04. The van der Waals surface area contributed by atoms with Crippen LogP contribution in [-0.4, -0.2) is 33.3 Å². The van der Waals surface area contributed by atoms with Gasteiger partial charge in [-0.2, -0.15) is 0 Å². The lowest BCUT2D eigenvalue weighted by Crippen LogP contribution is -2.26. The Morgan fingerprint density at radius 1 is 1.16 bits per heavy atom. The number of hydrogen-bond donors (Lipinski definition) is 2. The topological polar surface area (TPSA) is 45.6 Å². The van der Waals surface area contributed by atoms with E-state index in [0.29, 0.717) is 16.6 Å². The Bertz CT molecular complexity index is 938. The van der Waals surface area contributed by atoms with Gasteiger partial charge in [0, 0.05) is 42.9 Å². The van der Waals surface area contributed by atoms with Gasteiger partial charge in [-0.3, -0.25) is 0 Å².